The minimum Gasteiger partial charge on any atom is -0.490 e. The molecule has 4 aromatic rings. The Labute approximate surface area is 231 Å². The van der Waals surface area contributed by atoms with Gasteiger partial charge in [0, 0.05) is 21.8 Å². The average molecular weight is 594 g/mol. The molecule has 0 unspecified atom stereocenters. The molecular weight excluding hydrogens is 570 g/mol. The lowest BCUT2D eigenvalue weighted by Gasteiger charge is -2.13. The molecular formula is C27H24BrN5O6. The SMILES string of the molecule is CCOc1cc(C=Nn2c(C)nc3ccc(Br)cc3c2=O)cc([N+](=O)[O-])c1OCC(=O)Nc1ccccc1C. The van der Waals surface area contributed by atoms with Gasteiger partial charge in [0.25, 0.3) is 11.5 Å². The third kappa shape index (κ3) is 6.29. The van der Waals surface area contributed by atoms with Crippen LogP contribution >= 0.6 is 15.9 Å². The van der Waals surface area contributed by atoms with E-state index in [1.54, 1.807) is 44.2 Å². The molecule has 1 N–H and O–H groups in total. The van der Waals surface area contributed by atoms with Gasteiger partial charge >= 0.3 is 5.69 Å². The van der Waals surface area contributed by atoms with Crippen molar-refractivity contribution < 1.29 is 19.2 Å². The number of nitrogens with zero attached hydrogens (tertiary/aromatic N) is 4. The number of benzene rings is 3. The van der Waals surface area contributed by atoms with Crippen molar-refractivity contribution in [3.8, 4) is 11.5 Å². The van der Waals surface area contributed by atoms with Crippen LogP contribution in [0, 0.1) is 24.0 Å². The molecule has 0 spiro atoms. The van der Waals surface area contributed by atoms with Gasteiger partial charge in [-0.3, -0.25) is 19.7 Å². The summed E-state index contributed by atoms with van der Waals surface area (Å²) in [6.07, 6.45) is 1.30. The van der Waals surface area contributed by atoms with Crippen molar-refractivity contribution in [3.05, 3.63) is 96.5 Å². The fourth-order valence-electron chi connectivity index (χ4n) is 3.78. The third-order valence-electron chi connectivity index (χ3n) is 5.61. The lowest BCUT2D eigenvalue weighted by Crippen LogP contribution is -2.21. The van der Waals surface area contributed by atoms with Crippen LogP contribution < -0.4 is 20.3 Å². The van der Waals surface area contributed by atoms with Crippen molar-refractivity contribution >= 4 is 50.3 Å². The Bertz CT molecular complexity index is 1670. The topological polar surface area (TPSA) is 138 Å². The fraction of sp³-hybridized carbons (Fsp3) is 0.185. The third-order valence-corrected chi connectivity index (χ3v) is 6.11. The van der Waals surface area contributed by atoms with Crippen LogP contribution in [0.15, 0.2) is 69.0 Å². The summed E-state index contributed by atoms with van der Waals surface area (Å²) in [5, 5.41) is 19.2. The first-order valence-electron chi connectivity index (χ1n) is 11.8. The van der Waals surface area contributed by atoms with Gasteiger partial charge in [-0.1, -0.05) is 34.1 Å². The van der Waals surface area contributed by atoms with Crippen LogP contribution in [0.25, 0.3) is 10.9 Å². The normalized spacial score (nSPS) is 11.1. The van der Waals surface area contributed by atoms with Crippen LogP contribution in [0.1, 0.15) is 23.9 Å². The number of hydrogen-bond donors (Lipinski definition) is 1. The number of aryl methyl sites for hydroxylation is 2. The molecule has 0 fully saturated rings. The summed E-state index contributed by atoms with van der Waals surface area (Å²) in [6, 6.07) is 15.1. The zero-order chi connectivity index (χ0) is 28.1. The maximum absolute atomic E-state index is 13.0. The molecule has 11 nitrogen and oxygen atoms in total. The highest BCUT2D eigenvalue weighted by Crippen LogP contribution is 2.38. The summed E-state index contributed by atoms with van der Waals surface area (Å²) >= 11 is 3.35. The molecule has 1 aromatic heterocycles. The van der Waals surface area contributed by atoms with Gasteiger partial charge in [0.15, 0.2) is 12.4 Å². The Balaban J connectivity index is 1.65. The van der Waals surface area contributed by atoms with Gasteiger partial charge in [0.2, 0.25) is 5.75 Å². The molecule has 0 aliphatic heterocycles. The van der Waals surface area contributed by atoms with E-state index < -0.39 is 28.7 Å². The minimum atomic E-state index is -0.638. The maximum atomic E-state index is 13.0. The van der Waals surface area contributed by atoms with E-state index in [0.29, 0.717) is 26.9 Å². The Morgan fingerprint density at radius 2 is 1.95 bits per heavy atom. The van der Waals surface area contributed by atoms with E-state index in [-0.39, 0.29) is 23.7 Å². The number of carbonyl (C=O) groups is 1. The molecule has 0 saturated heterocycles. The molecule has 0 aliphatic carbocycles. The number of anilines is 1. The number of nitro benzene ring substituents is 1. The molecule has 39 heavy (non-hydrogen) atoms. The molecule has 3 aromatic carbocycles. The van der Waals surface area contributed by atoms with Crippen LogP contribution in [0.4, 0.5) is 11.4 Å². The quantitative estimate of drug-likeness (QED) is 0.164. The number of carbonyl (C=O) groups excluding carboxylic acids is 1. The van der Waals surface area contributed by atoms with Crippen LogP contribution in [-0.2, 0) is 4.79 Å². The number of nitro groups is 1. The molecule has 0 radical (unpaired) electrons. The van der Waals surface area contributed by atoms with Crippen molar-refractivity contribution in [1.29, 1.82) is 0 Å². The van der Waals surface area contributed by atoms with Crippen molar-refractivity contribution in [3.63, 3.8) is 0 Å². The summed E-state index contributed by atoms with van der Waals surface area (Å²) in [6.45, 7) is 4.90. The predicted octanol–water partition coefficient (Wildman–Crippen LogP) is 4.98. The van der Waals surface area contributed by atoms with Crippen molar-refractivity contribution in [2.45, 2.75) is 20.8 Å². The van der Waals surface area contributed by atoms with Gasteiger partial charge in [-0.2, -0.15) is 9.78 Å². The fourth-order valence-corrected chi connectivity index (χ4v) is 4.14. The van der Waals surface area contributed by atoms with Gasteiger partial charge in [-0.15, -0.1) is 0 Å². The van der Waals surface area contributed by atoms with Gasteiger partial charge in [-0.25, -0.2) is 4.98 Å². The number of para-hydroxylation sites is 1. The number of amides is 1. The number of rotatable bonds is 9. The summed E-state index contributed by atoms with van der Waals surface area (Å²) in [5.41, 5.74) is 1.46. The zero-order valence-corrected chi connectivity index (χ0v) is 22.9. The Hall–Kier alpha value is -4.58. The molecule has 0 aliphatic rings. The lowest BCUT2D eigenvalue weighted by atomic mass is 10.2. The van der Waals surface area contributed by atoms with Crippen LogP contribution in [0.5, 0.6) is 11.5 Å². The highest BCUT2D eigenvalue weighted by atomic mass is 79.9. The predicted molar refractivity (Wildman–Crippen MR) is 151 cm³/mol. The Morgan fingerprint density at radius 3 is 2.67 bits per heavy atom. The molecule has 200 valence electrons. The summed E-state index contributed by atoms with van der Waals surface area (Å²) in [5.74, 6) is -0.284. The number of ether oxygens (including phenoxy) is 2. The number of fused-ring (bicyclic) bond motifs is 1. The maximum Gasteiger partial charge on any atom is 0.315 e. The van der Waals surface area contributed by atoms with E-state index >= 15 is 0 Å². The number of halogens is 1. The van der Waals surface area contributed by atoms with E-state index in [9.17, 15) is 19.7 Å². The Morgan fingerprint density at radius 1 is 1.18 bits per heavy atom. The monoisotopic (exact) mass is 593 g/mol. The number of nitrogens with one attached hydrogen (secondary N) is 1. The van der Waals surface area contributed by atoms with Crippen LogP contribution in [-0.4, -0.2) is 39.9 Å². The first-order chi connectivity index (χ1) is 18.7. The van der Waals surface area contributed by atoms with Crippen molar-refractivity contribution in [1.82, 2.24) is 9.66 Å². The zero-order valence-electron chi connectivity index (χ0n) is 21.3. The molecule has 1 amide bonds. The number of aromatic nitrogens is 2. The van der Waals surface area contributed by atoms with Crippen LogP contribution in [0.2, 0.25) is 0 Å². The smallest absolute Gasteiger partial charge is 0.315 e. The first kappa shape index (κ1) is 27.5. The van der Waals surface area contributed by atoms with Gasteiger partial charge in [0.1, 0.15) is 5.82 Å². The molecule has 4 rings (SSSR count). The first-order valence-corrected chi connectivity index (χ1v) is 12.6. The highest BCUT2D eigenvalue weighted by Gasteiger charge is 2.23. The van der Waals surface area contributed by atoms with Gasteiger partial charge in [-0.05, 0) is 56.7 Å². The lowest BCUT2D eigenvalue weighted by molar-refractivity contribution is -0.385. The summed E-state index contributed by atoms with van der Waals surface area (Å²) in [4.78, 5) is 41.2. The standard InChI is InChI=1S/C27H24BrN5O6/c1-4-38-24-12-18(14-29-32-17(3)30-22-10-9-19(28)13-20(22)27(32)35)11-23(33(36)37)26(24)39-15-25(34)31-21-8-6-5-7-16(21)2/h5-14H,4,15H2,1-3H3,(H,31,34). The second-order valence-corrected chi connectivity index (χ2v) is 9.31. The van der Waals surface area contributed by atoms with Crippen molar-refractivity contribution in [2.75, 3.05) is 18.5 Å². The van der Waals surface area contributed by atoms with Crippen LogP contribution in [0.3, 0.4) is 0 Å². The molecule has 0 atom stereocenters. The summed E-state index contributed by atoms with van der Waals surface area (Å²) < 4.78 is 13.0. The average Bonchev–Trinajstić information content (AvgIpc) is 2.89. The van der Waals surface area contributed by atoms with E-state index in [1.165, 1.54) is 18.3 Å². The number of hydrogen-bond acceptors (Lipinski definition) is 8. The second kappa shape index (κ2) is 11.9. The summed E-state index contributed by atoms with van der Waals surface area (Å²) in [7, 11) is 0. The Kier molecular flexibility index (Phi) is 8.35. The van der Waals surface area contributed by atoms with E-state index in [1.807, 2.05) is 19.1 Å². The highest BCUT2D eigenvalue weighted by molar-refractivity contribution is 9.10. The second-order valence-electron chi connectivity index (χ2n) is 8.39. The van der Waals surface area contributed by atoms with Gasteiger partial charge in [0.05, 0.1) is 28.6 Å². The van der Waals surface area contributed by atoms with E-state index in [2.05, 4.69) is 31.3 Å². The molecule has 1 heterocycles. The van der Waals surface area contributed by atoms with Crippen molar-refractivity contribution in [2.24, 2.45) is 5.10 Å². The van der Waals surface area contributed by atoms with E-state index in [0.717, 1.165) is 10.2 Å². The molecule has 0 bridgehead atoms. The van der Waals surface area contributed by atoms with Gasteiger partial charge < -0.3 is 14.8 Å². The van der Waals surface area contributed by atoms with E-state index in [4.69, 9.17) is 9.47 Å². The molecule has 0 saturated carbocycles. The minimum absolute atomic E-state index is 0.0569. The molecule has 12 heteroatoms. The largest absolute Gasteiger partial charge is 0.490 e.